The normalized spacial score (nSPS) is 15.5. The molecular formula is C13H14ClN7O4. The molecule has 1 aliphatic heterocycles. The summed E-state index contributed by atoms with van der Waals surface area (Å²) in [4.78, 5) is 14.1. The Morgan fingerprint density at radius 3 is 2.60 bits per heavy atom. The summed E-state index contributed by atoms with van der Waals surface area (Å²) in [6.45, 7) is 2.11. The fraction of sp³-hybridized carbons (Fsp3) is 0.308. The summed E-state index contributed by atoms with van der Waals surface area (Å²) in [5.74, 6) is 0.210. The number of anilines is 2. The largest absolute Gasteiger partial charge is 0.409 e. The molecule has 25 heavy (non-hydrogen) atoms. The van der Waals surface area contributed by atoms with Gasteiger partial charge in [-0.25, -0.2) is 4.63 Å². The lowest BCUT2D eigenvalue weighted by molar-refractivity contribution is -0.384. The minimum absolute atomic E-state index is 0.0358. The Bertz CT molecular complexity index is 816. The van der Waals surface area contributed by atoms with Gasteiger partial charge >= 0.3 is 0 Å². The number of amidine groups is 1. The van der Waals surface area contributed by atoms with Gasteiger partial charge in [-0.15, -0.1) is 0 Å². The molecule has 1 saturated heterocycles. The van der Waals surface area contributed by atoms with Crippen molar-refractivity contribution in [2.45, 2.75) is 0 Å². The van der Waals surface area contributed by atoms with Gasteiger partial charge in [-0.1, -0.05) is 16.8 Å². The predicted molar refractivity (Wildman–Crippen MR) is 88.9 cm³/mol. The molecule has 0 atom stereocenters. The van der Waals surface area contributed by atoms with Crippen molar-refractivity contribution < 1.29 is 14.8 Å². The molecule has 0 amide bonds. The minimum atomic E-state index is -0.492. The summed E-state index contributed by atoms with van der Waals surface area (Å²) >= 11 is 6.16. The van der Waals surface area contributed by atoms with Crippen LogP contribution in [0.25, 0.3) is 0 Å². The topological polar surface area (TPSA) is 147 Å². The second kappa shape index (κ2) is 6.81. The third kappa shape index (κ3) is 3.26. The van der Waals surface area contributed by atoms with Gasteiger partial charge in [-0.3, -0.25) is 10.1 Å². The first-order chi connectivity index (χ1) is 12.0. The molecule has 2 heterocycles. The number of hydrogen-bond donors (Lipinski definition) is 2. The Labute approximate surface area is 146 Å². The van der Waals surface area contributed by atoms with E-state index < -0.39 is 4.92 Å². The highest BCUT2D eigenvalue weighted by Crippen LogP contribution is 2.30. The molecular weight excluding hydrogens is 354 g/mol. The molecule has 1 fully saturated rings. The molecule has 11 nitrogen and oxygen atoms in total. The Hall–Kier alpha value is -3.08. The van der Waals surface area contributed by atoms with E-state index >= 15 is 0 Å². The first kappa shape index (κ1) is 16.8. The van der Waals surface area contributed by atoms with E-state index in [1.54, 1.807) is 11.0 Å². The van der Waals surface area contributed by atoms with Crippen LogP contribution in [0.5, 0.6) is 0 Å². The maximum absolute atomic E-state index is 10.8. The first-order valence-corrected chi connectivity index (χ1v) is 7.63. The Kier molecular flexibility index (Phi) is 4.57. The number of nitro benzene ring substituents is 1. The molecule has 132 valence electrons. The third-order valence-corrected chi connectivity index (χ3v) is 4.19. The molecule has 3 rings (SSSR count). The van der Waals surface area contributed by atoms with Crippen molar-refractivity contribution in [1.29, 1.82) is 0 Å². The van der Waals surface area contributed by atoms with E-state index in [-0.39, 0.29) is 23.0 Å². The van der Waals surface area contributed by atoms with Gasteiger partial charge in [0, 0.05) is 38.3 Å². The summed E-state index contributed by atoms with van der Waals surface area (Å²) in [5, 5.41) is 30.7. The highest BCUT2D eigenvalue weighted by molar-refractivity contribution is 6.33. The van der Waals surface area contributed by atoms with Crippen molar-refractivity contribution in [2.75, 3.05) is 36.8 Å². The lowest BCUT2D eigenvalue weighted by atomic mass is 10.2. The number of rotatable bonds is 3. The fourth-order valence-electron chi connectivity index (χ4n) is 2.64. The van der Waals surface area contributed by atoms with Crippen molar-refractivity contribution in [3.05, 3.63) is 39.0 Å². The van der Waals surface area contributed by atoms with Crippen molar-refractivity contribution in [3.63, 3.8) is 0 Å². The second-order valence-electron chi connectivity index (χ2n) is 5.29. The Morgan fingerprint density at radius 2 is 2.08 bits per heavy atom. The summed E-state index contributed by atoms with van der Waals surface area (Å²) in [7, 11) is 0. The quantitative estimate of drug-likeness (QED) is 0.268. The highest BCUT2D eigenvalue weighted by Gasteiger charge is 2.26. The van der Waals surface area contributed by atoms with Crippen LogP contribution in [-0.2, 0) is 0 Å². The molecule has 0 saturated carbocycles. The van der Waals surface area contributed by atoms with Crippen LogP contribution in [0.4, 0.5) is 17.2 Å². The number of nitrogens with two attached hydrogens (primary N) is 1. The molecule has 0 aliphatic carbocycles. The van der Waals surface area contributed by atoms with Crippen molar-refractivity contribution in [2.24, 2.45) is 5.16 Å². The first-order valence-electron chi connectivity index (χ1n) is 7.25. The number of nitrogens with zero attached hydrogens (tertiary/aromatic N) is 6. The van der Waals surface area contributed by atoms with Gasteiger partial charge in [0.05, 0.1) is 15.6 Å². The van der Waals surface area contributed by atoms with E-state index in [4.69, 9.17) is 17.3 Å². The standard InChI is InChI=1S/C13H14ClN7O4/c14-9-7-8(21(23)24)1-2-10(9)19-3-5-20(6-4-19)13(16-22)11-12(15)18-25-17-11/h1-2,7,22H,3-6H2,(H2,15,18)/b16-13-. The van der Waals surface area contributed by atoms with Crippen LogP contribution in [0.3, 0.4) is 0 Å². The maximum Gasteiger partial charge on any atom is 0.271 e. The molecule has 12 heteroatoms. The van der Waals surface area contributed by atoms with Crippen LogP contribution in [0.1, 0.15) is 5.69 Å². The number of hydrogen-bond acceptors (Lipinski definition) is 9. The molecule has 0 spiro atoms. The Balaban J connectivity index is 1.72. The number of nitro groups is 1. The maximum atomic E-state index is 10.8. The van der Waals surface area contributed by atoms with Gasteiger partial charge in [0.25, 0.3) is 5.69 Å². The molecule has 1 aromatic carbocycles. The summed E-state index contributed by atoms with van der Waals surface area (Å²) in [5.41, 5.74) is 6.45. The molecule has 1 aromatic heterocycles. The number of nitrogen functional groups attached to an aromatic ring is 1. The number of halogens is 1. The molecule has 0 unspecified atom stereocenters. The van der Waals surface area contributed by atoms with Crippen LogP contribution in [-0.4, -0.2) is 57.4 Å². The van der Waals surface area contributed by atoms with E-state index in [9.17, 15) is 15.3 Å². The summed E-state index contributed by atoms with van der Waals surface area (Å²) in [6.07, 6.45) is 0. The zero-order valence-electron chi connectivity index (χ0n) is 12.9. The number of benzene rings is 1. The SMILES string of the molecule is Nc1nonc1/C(=N/O)N1CCN(c2ccc([N+](=O)[O-])cc2Cl)CC1. The van der Waals surface area contributed by atoms with Crippen LogP contribution in [0, 0.1) is 10.1 Å². The van der Waals surface area contributed by atoms with Crippen LogP contribution in [0.15, 0.2) is 28.0 Å². The van der Waals surface area contributed by atoms with E-state index in [2.05, 4.69) is 20.1 Å². The monoisotopic (exact) mass is 367 g/mol. The van der Waals surface area contributed by atoms with Crippen molar-refractivity contribution in [3.8, 4) is 0 Å². The van der Waals surface area contributed by atoms with E-state index in [0.29, 0.717) is 36.9 Å². The van der Waals surface area contributed by atoms with Crippen LogP contribution in [0.2, 0.25) is 5.02 Å². The molecule has 1 aliphatic rings. The van der Waals surface area contributed by atoms with Gasteiger partial charge < -0.3 is 20.7 Å². The zero-order valence-corrected chi connectivity index (χ0v) is 13.6. The molecule has 0 bridgehead atoms. The van der Waals surface area contributed by atoms with Crippen LogP contribution >= 0.6 is 11.6 Å². The number of oxime groups is 1. The van der Waals surface area contributed by atoms with E-state index in [0.717, 1.165) is 0 Å². The lowest BCUT2D eigenvalue weighted by Crippen LogP contribution is -2.49. The molecule has 3 N–H and O–H groups in total. The highest BCUT2D eigenvalue weighted by atomic mass is 35.5. The zero-order chi connectivity index (χ0) is 18.0. The van der Waals surface area contributed by atoms with Crippen LogP contribution < -0.4 is 10.6 Å². The summed E-state index contributed by atoms with van der Waals surface area (Å²) < 4.78 is 4.53. The van der Waals surface area contributed by atoms with Crippen molar-refractivity contribution >= 4 is 34.6 Å². The number of aromatic nitrogens is 2. The molecule has 2 aromatic rings. The third-order valence-electron chi connectivity index (χ3n) is 3.88. The minimum Gasteiger partial charge on any atom is -0.409 e. The van der Waals surface area contributed by atoms with Gasteiger partial charge in [0.15, 0.2) is 11.5 Å². The average Bonchev–Trinajstić information content (AvgIpc) is 3.02. The fourth-order valence-corrected chi connectivity index (χ4v) is 2.93. The van der Waals surface area contributed by atoms with Crippen molar-refractivity contribution in [1.82, 2.24) is 15.2 Å². The van der Waals surface area contributed by atoms with Gasteiger partial charge in [0.1, 0.15) is 0 Å². The molecule has 0 radical (unpaired) electrons. The van der Waals surface area contributed by atoms with E-state index in [1.807, 2.05) is 4.90 Å². The van der Waals surface area contributed by atoms with E-state index in [1.165, 1.54) is 12.1 Å². The summed E-state index contributed by atoms with van der Waals surface area (Å²) in [6, 6.07) is 4.36. The van der Waals surface area contributed by atoms with Gasteiger partial charge in [0.2, 0.25) is 5.84 Å². The smallest absolute Gasteiger partial charge is 0.271 e. The second-order valence-corrected chi connectivity index (χ2v) is 5.70. The van der Waals surface area contributed by atoms with Gasteiger partial charge in [-0.05, 0) is 16.4 Å². The number of piperazine rings is 1. The number of non-ortho nitro benzene ring substituents is 1. The lowest BCUT2D eigenvalue weighted by Gasteiger charge is -2.37. The Morgan fingerprint density at radius 1 is 1.36 bits per heavy atom. The predicted octanol–water partition coefficient (Wildman–Crippen LogP) is 1.17. The van der Waals surface area contributed by atoms with Gasteiger partial charge in [-0.2, -0.15) is 0 Å². The average molecular weight is 368 g/mol.